The molecule has 0 unspecified atom stereocenters. The lowest BCUT2D eigenvalue weighted by atomic mass is 10.1. The van der Waals surface area contributed by atoms with E-state index in [1.807, 2.05) is 57.2 Å². The average molecular weight is 689 g/mol. The van der Waals surface area contributed by atoms with Crippen molar-refractivity contribution in [3.8, 4) is 0 Å². The highest BCUT2D eigenvalue weighted by molar-refractivity contribution is 6.67. The molecule has 0 aliphatic heterocycles. The summed E-state index contributed by atoms with van der Waals surface area (Å²) in [5.41, 5.74) is 6.39. The van der Waals surface area contributed by atoms with Gasteiger partial charge < -0.3 is 5.32 Å². The Bertz CT molecular complexity index is 1500. The van der Waals surface area contributed by atoms with E-state index in [9.17, 15) is 18.4 Å². The third-order valence-electron chi connectivity index (χ3n) is 5.78. The van der Waals surface area contributed by atoms with Gasteiger partial charge in [-0.25, -0.2) is 8.78 Å². The van der Waals surface area contributed by atoms with Gasteiger partial charge in [0.05, 0.1) is 27.3 Å². The predicted octanol–water partition coefficient (Wildman–Crippen LogP) is 10.8. The molecule has 4 nitrogen and oxygen atoms in total. The standard InChI is InChI=1S/C16H14Cl2FNO.C14H13ClFN.C2H2Cl2O/c1-10-3-5-13(6-4-10)20(15(21)9-17)16-11(2)7-12(19)8-14(16)18;1-9-3-5-12(6-4-9)17-14-10(2)7-11(16)8-13(14)15;3-1-2(4)5/h3-8H,9H2,1-2H3;3-8,17H,1-2H3;1H2. The zero-order valence-corrected chi connectivity index (χ0v) is 27.5. The zero-order chi connectivity index (χ0) is 32.3. The maximum absolute atomic E-state index is 13.4. The lowest BCUT2D eigenvalue weighted by Crippen LogP contribution is -2.28. The van der Waals surface area contributed by atoms with E-state index >= 15 is 0 Å². The highest BCUT2D eigenvalue weighted by Gasteiger charge is 2.22. The molecule has 0 heterocycles. The van der Waals surface area contributed by atoms with Crippen molar-refractivity contribution in [3.05, 3.63) is 117 Å². The van der Waals surface area contributed by atoms with Gasteiger partial charge in [-0.05, 0) is 99.0 Å². The summed E-state index contributed by atoms with van der Waals surface area (Å²) >= 11 is 27.4. The number of anilines is 4. The molecule has 228 valence electrons. The van der Waals surface area contributed by atoms with Gasteiger partial charge in [0.2, 0.25) is 11.1 Å². The fourth-order valence-electron chi connectivity index (χ4n) is 3.77. The SMILES string of the molecule is Cc1ccc(N(C(=O)CCl)c2c(C)cc(F)cc2Cl)cc1.Cc1ccc(Nc2c(C)cc(F)cc2Cl)cc1.O=C(Cl)CCl. The Morgan fingerprint density at radius 1 is 0.721 bits per heavy atom. The first-order valence-electron chi connectivity index (χ1n) is 12.7. The third kappa shape index (κ3) is 11.3. The third-order valence-corrected chi connectivity index (χ3v) is 7.10. The first kappa shape index (κ1) is 36.3. The van der Waals surface area contributed by atoms with Crippen LogP contribution in [0.2, 0.25) is 10.0 Å². The van der Waals surface area contributed by atoms with E-state index in [1.54, 1.807) is 19.1 Å². The topological polar surface area (TPSA) is 49.4 Å². The van der Waals surface area contributed by atoms with Crippen LogP contribution in [0.4, 0.5) is 31.5 Å². The van der Waals surface area contributed by atoms with Crippen LogP contribution in [0, 0.1) is 39.3 Å². The van der Waals surface area contributed by atoms with Gasteiger partial charge in [0, 0.05) is 11.4 Å². The molecule has 4 aromatic rings. The van der Waals surface area contributed by atoms with Crippen LogP contribution in [0.25, 0.3) is 0 Å². The molecule has 0 spiro atoms. The fourth-order valence-corrected chi connectivity index (χ4v) is 4.53. The fraction of sp³-hybridized carbons (Fsp3) is 0.188. The van der Waals surface area contributed by atoms with Gasteiger partial charge in [-0.3, -0.25) is 14.5 Å². The molecule has 43 heavy (non-hydrogen) atoms. The monoisotopic (exact) mass is 686 g/mol. The molecule has 0 aromatic heterocycles. The largest absolute Gasteiger partial charge is 0.354 e. The predicted molar refractivity (Wildman–Crippen MR) is 177 cm³/mol. The molecule has 0 atom stereocenters. The minimum Gasteiger partial charge on any atom is -0.354 e. The minimum absolute atomic E-state index is 0.0957. The van der Waals surface area contributed by atoms with Crippen LogP contribution in [-0.2, 0) is 9.59 Å². The van der Waals surface area contributed by atoms with Gasteiger partial charge in [0.25, 0.3) is 0 Å². The molecule has 0 bridgehead atoms. The van der Waals surface area contributed by atoms with Gasteiger partial charge >= 0.3 is 0 Å². The van der Waals surface area contributed by atoms with E-state index in [1.165, 1.54) is 34.7 Å². The van der Waals surface area contributed by atoms with Crippen LogP contribution in [0.15, 0.2) is 72.8 Å². The second kappa shape index (κ2) is 17.4. The number of alkyl halides is 2. The van der Waals surface area contributed by atoms with Gasteiger partial charge in [-0.15, -0.1) is 23.2 Å². The Labute approximate surface area is 275 Å². The molecule has 11 heteroatoms. The van der Waals surface area contributed by atoms with Crippen molar-refractivity contribution in [1.29, 1.82) is 0 Å². The Morgan fingerprint density at radius 2 is 1.19 bits per heavy atom. The van der Waals surface area contributed by atoms with E-state index in [0.717, 1.165) is 22.5 Å². The van der Waals surface area contributed by atoms with E-state index in [2.05, 4.69) is 5.32 Å². The van der Waals surface area contributed by atoms with Crippen molar-refractivity contribution >= 4 is 91.9 Å². The molecule has 0 radical (unpaired) electrons. The number of amides is 1. The lowest BCUT2D eigenvalue weighted by molar-refractivity contribution is -0.115. The van der Waals surface area contributed by atoms with E-state index in [-0.39, 0.29) is 28.5 Å². The number of carbonyl (C=O) groups is 2. The molecule has 4 aromatic carbocycles. The second-order valence-corrected chi connectivity index (χ2v) is 11.1. The molecular weight excluding hydrogens is 660 g/mol. The summed E-state index contributed by atoms with van der Waals surface area (Å²) in [5, 5.41) is 3.25. The van der Waals surface area contributed by atoms with Crippen LogP contribution in [0.3, 0.4) is 0 Å². The second-order valence-electron chi connectivity index (χ2n) is 9.31. The molecular formula is C32H29Cl5F2N2O2. The highest BCUT2D eigenvalue weighted by Crippen LogP contribution is 2.36. The van der Waals surface area contributed by atoms with Crippen molar-refractivity contribution < 1.29 is 18.4 Å². The molecule has 0 saturated carbocycles. The van der Waals surface area contributed by atoms with Gasteiger partial charge in [0.1, 0.15) is 17.5 Å². The van der Waals surface area contributed by atoms with Crippen LogP contribution >= 0.6 is 58.0 Å². The summed E-state index contributed by atoms with van der Waals surface area (Å²) in [6, 6.07) is 20.6. The first-order valence-corrected chi connectivity index (χ1v) is 14.9. The van der Waals surface area contributed by atoms with Crippen molar-refractivity contribution in [3.63, 3.8) is 0 Å². The van der Waals surface area contributed by atoms with Gasteiger partial charge in [0.15, 0.2) is 0 Å². The number of benzene rings is 4. The van der Waals surface area contributed by atoms with E-state index in [0.29, 0.717) is 22.0 Å². The summed E-state index contributed by atoms with van der Waals surface area (Å²) in [5.74, 6) is -1.37. The maximum Gasteiger partial charge on any atom is 0.246 e. The lowest BCUT2D eigenvalue weighted by Gasteiger charge is -2.25. The minimum atomic E-state index is -0.508. The Morgan fingerprint density at radius 3 is 1.63 bits per heavy atom. The van der Waals surface area contributed by atoms with E-state index in [4.69, 9.17) is 58.0 Å². The van der Waals surface area contributed by atoms with Crippen LogP contribution in [-0.4, -0.2) is 22.9 Å². The molecule has 0 saturated heterocycles. The normalized spacial score (nSPS) is 10.1. The Kier molecular flexibility index (Phi) is 14.7. The average Bonchev–Trinajstić information content (AvgIpc) is 2.94. The molecule has 0 fully saturated rings. The number of carbonyl (C=O) groups excluding carboxylic acids is 2. The highest BCUT2D eigenvalue weighted by atomic mass is 35.5. The van der Waals surface area contributed by atoms with Crippen LogP contribution in [0.1, 0.15) is 22.3 Å². The maximum atomic E-state index is 13.4. The van der Waals surface area contributed by atoms with Crippen LogP contribution in [0.5, 0.6) is 0 Å². The quantitative estimate of drug-likeness (QED) is 0.162. The van der Waals surface area contributed by atoms with E-state index < -0.39 is 11.1 Å². The number of hydrogen-bond acceptors (Lipinski definition) is 3. The summed E-state index contributed by atoms with van der Waals surface area (Å²) in [6.45, 7) is 7.51. The van der Waals surface area contributed by atoms with Gasteiger partial charge in [-0.2, -0.15) is 0 Å². The van der Waals surface area contributed by atoms with Crippen molar-refractivity contribution in [2.75, 3.05) is 22.0 Å². The molecule has 0 aliphatic carbocycles. The number of nitrogens with one attached hydrogen (secondary N) is 1. The number of rotatable bonds is 6. The van der Waals surface area contributed by atoms with Crippen molar-refractivity contribution in [1.82, 2.24) is 0 Å². The molecule has 4 rings (SSSR count). The van der Waals surface area contributed by atoms with Crippen molar-refractivity contribution in [2.24, 2.45) is 0 Å². The Balaban J connectivity index is 0.000000264. The smallest absolute Gasteiger partial charge is 0.246 e. The number of aryl methyl sites for hydroxylation is 4. The van der Waals surface area contributed by atoms with Crippen LogP contribution < -0.4 is 10.2 Å². The number of halogens is 7. The molecule has 1 amide bonds. The molecule has 0 aliphatic rings. The summed E-state index contributed by atoms with van der Waals surface area (Å²) in [7, 11) is 0. The Hall–Kier alpha value is -2.87. The van der Waals surface area contributed by atoms with Crippen molar-refractivity contribution in [2.45, 2.75) is 27.7 Å². The first-order chi connectivity index (χ1) is 20.3. The molecule has 1 N–H and O–H groups in total. The summed E-state index contributed by atoms with van der Waals surface area (Å²) in [6.07, 6.45) is 0. The summed E-state index contributed by atoms with van der Waals surface area (Å²) in [4.78, 5) is 23.1. The van der Waals surface area contributed by atoms with Gasteiger partial charge in [-0.1, -0.05) is 58.6 Å². The summed E-state index contributed by atoms with van der Waals surface area (Å²) < 4.78 is 26.5. The number of hydrogen-bond donors (Lipinski definition) is 1. The zero-order valence-electron chi connectivity index (χ0n) is 23.8. The number of nitrogens with zero attached hydrogens (tertiary/aromatic N) is 1.